The Morgan fingerprint density at radius 1 is 1.06 bits per heavy atom. The van der Waals surface area contributed by atoms with Crippen LogP contribution in [-0.4, -0.2) is 14.5 Å². The van der Waals surface area contributed by atoms with Gasteiger partial charge in [-0.2, -0.15) is 0 Å². The third-order valence-corrected chi connectivity index (χ3v) is 3.61. The molecule has 80 valence electrons. The van der Waals surface area contributed by atoms with E-state index in [0.29, 0.717) is 0 Å². The molecule has 3 nitrogen and oxygen atoms in total. The minimum Gasteiger partial charge on any atom is -0.302 e. The standard InChI is InChI=1S/C12H11N3S/c1-8-3-4-9(2)15(8)12-11-10(5-6-16-11)13-7-14-12/h3-7H,1-2H3. The molecule has 0 atom stereocenters. The molecule has 16 heavy (non-hydrogen) atoms. The maximum atomic E-state index is 4.41. The van der Waals surface area contributed by atoms with Crippen molar-refractivity contribution in [3.63, 3.8) is 0 Å². The molecule has 0 bridgehead atoms. The number of hydrogen-bond acceptors (Lipinski definition) is 3. The Labute approximate surface area is 97.4 Å². The maximum absolute atomic E-state index is 4.41. The molecule has 0 aliphatic rings. The number of rotatable bonds is 1. The van der Waals surface area contributed by atoms with Crippen LogP contribution in [0.4, 0.5) is 0 Å². The van der Waals surface area contributed by atoms with Crippen LogP contribution in [0.2, 0.25) is 0 Å². The molecular weight excluding hydrogens is 218 g/mol. The van der Waals surface area contributed by atoms with Crippen molar-refractivity contribution in [3.8, 4) is 5.82 Å². The summed E-state index contributed by atoms with van der Waals surface area (Å²) in [5.74, 6) is 0.986. The van der Waals surface area contributed by atoms with E-state index in [9.17, 15) is 0 Å². The van der Waals surface area contributed by atoms with Gasteiger partial charge in [-0.15, -0.1) is 11.3 Å². The lowest BCUT2D eigenvalue weighted by Crippen LogP contribution is -2.01. The first kappa shape index (κ1) is 9.54. The van der Waals surface area contributed by atoms with Crippen molar-refractivity contribution in [2.75, 3.05) is 0 Å². The van der Waals surface area contributed by atoms with Crippen molar-refractivity contribution in [2.45, 2.75) is 13.8 Å². The van der Waals surface area contributed by atoms with Crippen LogP contribution in [0.5, 0.6) is 0 Å². The molecule has 3 rings (SSSR count). The summed E-state index contributed by atoms with van der Waals surface area (Å²) in [5, 5.41) is 2.05. The van der Waals surface area contributed by atoms with Crippen molar-refractivity contribution in [1.29, 1.82) is 0 Å². The monoisotopic (exact) mass is 229 g/mol. The lowest BCUT2D eigenvalue weighted by Gasteiger charge is -2.08. The second-order valence-corrected chi connectivity index (χ2v) is 4.70. The van der Waals surface area contributed by atoms with E-state index in [1.54, 1.807) is 17.7 Å². The number of nitrogens with zero attached hydrogens (tertiary/aromatic N) is 3. The Bertz CT molecular complexity index is 632. The Morgan fingerprint density at radius 2 is 1.81 bits per heavy atom. The Kier molecular flexibility index (Phi) is 2.04. The zero-order valence-corrected chi connectivity index (χ0v) is 9.95. The number of hydrogen-bond donors (Lipinski definition) is 0. The molecule has 4 heteroatoms. The highest BCUT2D eigenvalue weighted by atomic mass is 32.1. The van der Waals surface area contributed by atoms with Gasteiger partial charge < -0.3 is 4.57 Å². The quantitative estimate of drug-likeness (QED) is 0.642. The molecule has 0 fully saturated rings. The number of aryl methyl sites for hydroxylation is 2. The third kappa shape index (κ3) is 1.27. The van der Waals surface area contributed by atoms with Gasteiger partial charge in [-0.1, -0.05) is 0 Å². The summed E-state index contributed by atoms with van der Waals surface area (Å²) >= 11 is 1.68. The largest absolute Gasteiger partial charge is 0.302 e. The number of thiophene rings is 1. The first-order valence-electron chi connectivity index (χ1n) is 5.11. The van der Waals surface area contributed by atoms with Crippen molar-refractivity contribution in [1.82, 2.24) is 14.5 Å². The van der Waals surface area contributed by atoms with Gasteiger partial charge in [0.2, 0.25) is 0 Å². The fourth-order valence-electron chi connectivity index (χ4n) is 1.94. The van der Waals surface area contributed by atoms with Gasteiger partial charge in [-0.3, -0.25) is 0 Å². The number of aromatic nitrogens is 3. The van der Waals surface area contributed by atoms with Crippen molar-refractivity contribution >= 4 is 21.6 Å². The zero-order valence-electron chi connectivity index (χ0n) is 9.14. The average molecular weight is 229 g/mol. The van der Waals surface area contributed by atoms with Crippen LogP contribution in [0.3, 0.4) is 0 Å². The zero-order chi connectivity index (χ0) is 11.1. The van der Waals surface area contributed by atoms with Crippen molar-refractivity contribution in [2.24, 2.45) is 0 Å². The van der Waals surface area contributed by atoms with Gasteiger partial charge in [0.05, 0.1) is 10.2 Å². The maximum Gasteiger partial charge on any atom is 0.158 e. The molecule has 3 aromatic rings. The fraction of sp³-hybridized carbons (Fsp3) is 0.167. The van der Waals surface area contributed by atoms with E-state index in [1.165, 1.54) is 11.4 Å². The van der Waals surface area contributed by atoms with Crippen LogP contribution < -0.4 is 0 Å². The lowest BCUT2D eigenvalue weighted by molar-refractivity contribution is 0.927. The molecule has 3 aromatic heterocycles. The van der Waals surface area contributed by atoms with Gasteiger partial charge in [0, 0.05) is 11.4 Å². The van der Waals surface area contributed by atoms with E-state index in [1.807, 2.05) is 6.07 Å². The number of fused-ring (bicyclic) bond motifs is 1. The van der Waals surface area contributed by atoms with E-state index >= 15 is 0 Å². The molecule has 0 aliphatic heterocycles. The first-order valence-corrected chi connectivity index (χ1v) is 5.99. The summed E-state index contributed by atoms with van der Waals surface area (Å²) < 4.78 is 3.31. The molecule has 3 heterocycles. The van der Waals surface area contributed by atoms with E-state index in [4.69, 9.17) is 0 Å². The summed E-state index contributed by atoms with van der Waals surface area (Å²) in [7, 11) is 0. The SMILES string of the molecule is Cc1ccc(C)n1-c1ncnc2ccsc12. The second-order valence-electron chi connectivity index (χ2n) is 3.78. The summed E-state index contributed by atoms with van der Waals surface area (Å²) in [4.78, 5) is 8.66. The molecule has 0 saturated carbocycles. The van der Waals surface area contributed by atoms with Gasteiger partial charge in [-0.05, 0) is 37.4 Å². The molecule has 0 aliphatic carbocycles. The third-order valence-electron chi connectivity index (χ3n) is 2.71. The highest BCUT2D eigenvalue weighted by molar-refractivity contribution is 7.17. The van der Waals surface area contributed by atoms with E-state index < -0.39 is 0 Å². The second kappa shape index (κ2) is 3.42. The molecule has 0 N–H and O–H groups in total. The molecule has 0 saturated heterocycles. The van der Waals surface area contributed by atoms with Gasteiger partial charge >= 0.3 is 0 Å². The Hall–Kier alpha value is -1.68. The van der Waals surface area contributed by atoms with Gasteiger partial charge in [0.15, 0.2) is 5.82 Å². The van der Waals surface area contributed by atoms with Crippen LogP contribution in [0, 0.1) is 13.8 Å². The smallest absolute Gasteiger partial charge is 0.158 e. The van der Waals surface area contributed by atoms with Crippen LogP contribution >= 0.6 is 11.3 Å². The summed E-state index contributed by atoms with van der Waals surface area (Å²) in [5.41, 5.74) is 3.42. The summed E-state index contributed by atoms with van der Waals surface area (Å²) in [6.45, 7) is 4.18. The predicted molar refractivity (Wildman–Crippen MR) is 66.2 cm³/mol. The van der Waals surface area contributed by atoms with E-state index in [-0.39, 0.29) is 0 Å². The Balaban J connectivity index is 2.38. The lowest BCUT2D eigenvalue weighted by atomic mass is 10.4. The van der Waals surface area contributed by atoms with E-state index in [0.717, 1.165) is 16.0 Å². The molecule has 0 amide bonds. The minimum atomic E-state index is 0.986. The minimum absolute atomic E-state index is 0.986. The van der Waals surface area contributed by atoms with Gasteiger partial charge in [0.1, 0.15) is 6.33 Å². The van der Waals surface area contributed by atoms with Crippen LogP contribution in [-0.2, 0) is 0 Å². The van der Waals surface area contributed by atoms with Crippen molar-refractivity contribution in [3.05, 3.63) is 41.3 Å². The van der Waals surface area contributed by atoms with Gasteiger partial charge in [0.25, 0.3) is 0 Å². The van der Waals surface area contributed by atoms with Crippen LogP contribution in [0.25, 0.3) is 16.0 Å². The van der Waals surface area contributed by atoms with Crippen LogP contribution in [0.1, 0.15) is 11.4 Å². The fourth-order valence-corrected chi connectivity index (χ4v) is 2.76. The van der Waals surface area contributed by atoms with E-state index in [2.05, 4.69) is 45.9 Å². The molecule has 0 aromatic carbocycles. The highest BCUT2D eigenvalue weighted by Gasteiger charge is 2.10. The topological polar surface area (TPSA) is 30.7 Å². The summed E-state index contributed by atoms with van der Waals surface area (Å²) in [6.07, 6.45) is 1.63. The van der Waals surface area contributed by atoms with Crippen LogP contribution in [0.15, 0.2) is 29.9 Å². The Morgan fingerprint density at radius 3 is 2.56 bits per heavy atom. The molecule has 0 spiro atoms. The van der Waals surface area contributed by atoms with Gasteiger partial charge in [-0.25, -0.2) is 9.97 Å². The molecule has 0 unspecified atom stereocenters. The molecular formula is C12H11N3S. The molecule has 0 radical (unpaired) electrons. The first-order chi connectivity index (χ1) is 7.77. The highest BCUT2D eigenvalue weighted by Crippen LogP contribution is 2.26. The normalized spacial score (nSPS) is 11.1. The van der Waals surface area contributed by atoms with Crippen molar-refractivity contribution < 1.29 is 0 Å². The summed E-state index contributed by atoms with van der Waals surface area (Å²) in [6, 6.07) is 6.24. The average Bonchev–Trinajstić information content (AvgIpc) is 2.86. The predicted octanol–water partition coefficient (Wildman–Crippen LogP) is 3.10.